The summed E-state index contributed by atoms with van der Waals surface area (Å²) in [6.45, 7) is 4.94. The number of fused-ring (bicyclic) bond motifs is 1. The van der Waals surface area contributed by atoms with Gasteiger partial charge >= 0.3 is 17.9 Å². The van der Waals surface area contributed by atoms with E-state index in [0.29, 0.717) is 6.42 Å². The van der Waals surface area contributed by atoms with Gasteiger partial charge in [0.1, 0.15) is 25.4 Å². The highest BCUT2D eigenvalue weighted by Gasteiger charge is 2.64. The molecule has 3 fully saturated rings. The third kappa shape index (κ3) is 3.26. The molecule has 6 unspecified atom stereocenters. The maximum atomic E-state index is 12.4. The first-order chi connectivity index (χ1) is 11.7. The molecule has 2 saturated carbocycles. The molecule has 25 heavy (non-hydrogen) atoms. The molecule has 0 aromatic carbocycles. The minimum absolute atomic E-state index is 0.0292. The first-order valence-corrected chi connectivity index (χ1v) is 8.97. The molecule has 0 radical (unpaired) electrons. The number of rotatable bonds is 7. The van der Waals surface area contributed by atoms with Crippen molar-refractivity contribution in [2.24, 2.45) is 29.1 Å². The standard InChI is InChI=1S/C18H26O7/c1-4-18(2,3)17(22)24-8-10(19)7-23-15(20)13-9-5-11-12(6-9)25-16(21)14(11)13/h9-14,19H,4-8H2,1-3H3. The quantitative estimate of drug-likeness (QED) is 0.539. The maximum absolute atomic E-state index is 12.4. The molecular weight excluding hydrogens is 328 g/mol. The van der Waals surface area contributed by atoms with Crippen molar-refractivity contribution in [2.45, 2.75) is 52.2 Å². The Balaban J connectivity index is 1.45. The van der Waals surface area contributed by atoms with E-state index in [0.717, 1.165) is 12.8 Å². The van der Waals surface area contributed by atoms with E-state index in [1.54, 1.807) is 13.8 Å². The molecule has 1 saturated heterocycles. The SMILES string of the molecule is CCC(C)(C)C(=O)OCC(O)COC(=O)C1C2CC3OC(=O)C1C3C2. The summed E-state index contributed by atoms with van der Waals surface area (Å²) in [5.41, 5.74) is -0.612. The molecule has 0 aromatic heterocycles. The molecule has 1 aliphatic heterocycles. The molecule has 1 N–H and O–H groups in total. The summed E-state index contributed by atoms with van der Waals surface area (Å²) in [4.78, 5) is 36.1. The summed E-state index contributed by atoms with van der Waals surface area (Å²) in [6, 6.07) is 0. The summed E-state index contributed by atoms with van der Waals surface area (Å²) in [5.74, 6) is -1.76. The Kier molecular flexibility index (Phi) is 4.79. The van der Waals surface area contributed by atoms with Gasteiger partial charge in [0.25, 0.3) is 0 Å². The van der Waals surface area contributed by atoms with Crippen molar-refractivity contribution < 1.29 is 33.7 Å². The summed E-state index contributed by atoms with van der Waals surface area (Å²) in [5, 5.41) is 9.90. The number of aliphatic hydroxyl groups is 1. The molecule has 0 spiro atoms. The number of hydrogen-bond donors (Lipinski definition) is 1. The molecule has 140 valence electrons. The molecule has 7 nitrogen and oxygen atoms in total. The Hall–Kier alpha value is -1.63. The predicted octanol–water partition coefficient (Wildman–Crippen LogP) is 1.07. The van der Waals surface area contributed by atoms with Crippen LogP contribution < -0.4 is 0 Å². The zero-order valence-corrected chi connectivity index (χ0v) is 14.9. The van der Waals surface area contributed by atoms with Crippen LogP contribution in [0.4, 0.5) is 0 Å². The fourth-order valence-corrected chi connectivity index (χ4v) is 4.16. The van der Waals surface area contributed by atoms with Gasteiger partial charge < -0.3 is 19.3 Å². The van der Waals surface area contributed by atoms with Gasteiger partial charge in [-0.2, -0.15) is 0 Å². The topological polar surface area (TPSA) is 99.1 Å². The lowest BCUT2D eigenvalue weighted by atomic mass is 9.80. The first kappa shape index (κ1) is 18.2. The van der Waals surface area contributed by atoms with E-state index < -0.39 is 35.3 Å². The summed E-state index contributed by atoms with van der Waals surface area (Å²) >= 11 is 0. The van der Waals surface area contributed by atoms with Crippen LogP contribution in [0.25, 0.3) is 0 Å². The minimum atomic E-state index is -1.08. The van der Waals surface area contributed by atoms with Crippen molar-refractivity contribution in [3.05, 3.63) is 0 Å². The maximum Gasteiger partial charge on any atom is 0.311 e. The smallest absolute Gasteiger partial charge is 0.311 e. The predicted molar refractivity (Wildman–Crippen MR) is 85.1 cm³/mol. The van der Waals surface area contributed by atoms with Crippen molar-refractivity contribution in [3.8, 4) is 0 Å². The molecule has 3 aliphatic rings. The number of hydrogen-bond acceptors (Lipinski definition) is 7. The van der Waals surface area contributed by atoms with Crippen LogP contribution in [-0.2, 0) is 28.6 Å². The molecule has 3 rings (SSSR count). The van der Waals surface area contributed by atoms with Gasteiger partial charge in [-0.25, -0.2) is 0 Å². The van der Waals surface area contributed by atoms with Crippen LogP contribution in [0.5, 0.6) is 0 Å². The van der Waals surface area contributed by atoms with E-state index >= 15 is 0 Å². The Morgan fingerprint density at radius 1 is 1.28 bits per heavy atom. The van der Waals surface area contributed by atoms with E-state index in [1.165, 1.54) is 0 Å². The lowest BCUT2D eigenvalue weighted by Gasteiger charge is -2.24. The Morgan fingerprint density at radius 2 is 1.96 bits per heavy atom. The van der Waals surface area contributed by atoms with Gasteiger partial charge in [-0.15, -0.1) is 0 Å². The third-order valence-corrected chi connectivity index (χ3v) is 6.02. The second kappa shape index (κ2) is 6.59. The van der Waals surface area contributed by atoms with Crippen molar-refractivity contribution >= 4 is 17.9 Å². The summed E-state index contributed by atoms with van der Waals surface area (Å²) < 4.78 is 15.6. The highest BCUT2D eigenvalue weighted by Crippen LogP contribution is 2.57. The summed E-state index contributed by atoms with van der Waals surface area (Å²) in [6.07, 6.45) is 1.06. The van der Waals surface area contributed by atoms with Crippen LogP contribution in [0, 0.1) is 29.1 Å². The van der Waals surface area contributed by atoms with Crippen molar-refractivity contribution in [1.82, 2.24) is 0 Å². The Bertz CT molecular complexity index is 568. The van der Waals surface area contributed by atoms with Crippen LogP contribution in [0.2, 0.25) is 0 Å². The lowest BCUT2D eigenvalue weighted by molar-refractivity contribution is -0.163. The van der Waals surface area contributed by atoms with E-state index in [9.17, 15) is 19.5 Å². The fourth-order valence-electron chi connectivity index (χ4n) is 4.16. The fraction of sp³-hybridized carbons (Fsp3) is 0.833. The van der Waals surface area contributed by atoms with Crippen molar-refractivity contribution in [2.75, 3.05) is 13.2 Å². The normalized spacial score (nSPS) is 33.9. The zero-order chi connectivity index (χ0) is 18.4. The first-order valence-electron chi connectivity index (χ1n) is 8.97. The molecule has 1 heterocycles. The van der Waals surface area contributed by atoms with Gasteiger partial charge in [-0.1, -0.05) is 6.92 Å². The van der Waals surface area contributed by atoms with Gasteiger partial charge in [0.2, 0.25) is 0 Å². The van der Waals surface area contributed by atoms with E-state index in [1.807, 2.05) is 6.92 Å². The Morgan fingerprint density at radius 3 is 2.64 bits per heavy atom. The second-order valence-corrected chi connectivity index (χ2v) is 8.04. The number of ether oxygens (including phenoxy) is 3. The average molecular weight is 354 g/mol. The van der Waals surface area contributed by atoms with E-state index in [4.69, 9.17) is 14.2 Å². The molecule has 6 atom stereocenters. The number of carbonyl (C=O) groups is 3. The highest BCUT2D eigenvalue weighted by molar-refractivity contribution is 5.85. The summed E-state index contributed by atoms with van der Waals surface area (Å²) in [7, 11) is 0. The van der Waals surface area contributed by atoms with E-state index in [2.05, 4.69) is 0 Å². The van der Waals surface area contributed by atoms with Crippen LogP contribution in [0.3, 0.4) is 0 Å². The molecule has 2 aliphatic carbocycles. The number of aliphatic hydroxyl groups excluding tert-OH is 1. The minimum Gasteiger partial charge on any atom is -0.463 e. The molecule has 7 heteroatoms. The van der Waals surface area contributed by atoms with Crippen LogP contribution in [0.1, 0.15) is 40.0 Å². The van der Waals surface area contributed by atoms with E-state index in [-0.39, 0.29) is 37.1 Å². The largest absolute Gasteiger partial charge is 0.463 e. The van der Waals surface area contributed by atoms with Crippen molar-refractivity contribution in [3.63, 3.8) is 0 Å². The van der Waals surface area contributed by atoms with Crippen LogP contribution in [-0.4, -0.2) is 48.4 Å². The Labute approximate surface area is 147 Å². The monoisotopic (exact) mass is 354 g/mol. The van der Waals surface area contributed by atoms with Gasteiger partial charge in [-0.3, -0.25) is 14.4 Å². The average Bonchev–Trinajstić information content (AvgIpc) is 3.19. The van der Waals surface area contributed by atoms with Gasteiger partial charge in [0, 0.05) is 5.92 Å². The zero-order valence-electron chi connectivity index (χ0n) is 14.9. The van der Waals surface area contributed by atoms with Crippen LogP contribution in [0.15, 0.2) is 0 Å². The molecule has 0 amide bonds. The third-order valence-electron chi connectivity index (χ3n) is 6.02. The van der Waals surface area contributed by atoms with Gasteiger partial charge in [0.05, 0.1) is 17.3 Å². The number of carbonyl (C=O) groups excluding carboxylic acids is 3. The van der Waals surface area contributed by atoms with Crippen LogP contribution >= 0.6 is 0 Å². The molecular formula is C18H26O7. The number of esters is 3. The lowest BCUT2D eigenvalue weighted by Crippen LogP contribution is -2.36. The molecule has 2 bridgehead atoms. The van der Waals surface area contributed by atoms with Crippen molar-refractivity contribution in [1.29, 1.82) is 0 Å². The van der Waals surface area contributed by atoms with Gasteiger partial charge in [-0.05, 0) is 39.0 Å². The highest BCUT2D eigenvalue weighted by atomic mass is 16.6. The second-order valence-electron chi connectivity index (χ2n) is 8.04. The van der Waals surface area contributed by atoms with Gasteiger partial charge in [0.15, 0.2) is 0 Å². The molecule has 0 aromatic rings.